The van der Waals surface area contributed by atoms with Crippen LogP contribution in [0.2, 0.25) is 0 Å². The Morgan fingerprint density at radius 1 is 1.11 bits per heavy atom. The lowest BCUT2D eigenvalue weighted by molar-refractivity contribution is 0.0660. The number of fused-ring (bicyclic) bond motifs is 1. The highest BCUT2D eigenvalue weighted by molar-refractivity contribution is 5.97. The molecular formula is C18H14N2O7. The summed E-state index contributed by atoms with van der Waals surface area (Å²) in [6.45, 7) is 0.944. The molecule has 9 heteroatoms. The SMILES string of the molecule is O=C(O)c1ccc(CNC(=O)c2ncoc2-c2ccc3c(c2)OCCO3)o1. The Bertz CT molecular complexity index is 1000. The molecule has 4 rings (SSSR count). The molecule has 0 unspecified atom stereocenters. The quantitative estimate of drug-likeness (QED) is 0.701. The molecule has 0 saturated carbocycles. The fraction of sp³-hybridized carbons (Fsp3) is 0.167. The molecule has 1 aliphatic rings. The first-order valence-corrected chi connectivity index (χ1v) is 8.05. The summed E-state index contributed by atoms with van der Waals surface area (Å²) in [5.41, 5.74) is 0.713. The summed E-state index contributed by atoms with van der Waals surface area (Å²) >= 11 is 0. The number of carboxylic acid groups (broad SMARTS) is 1. The van der Waals surface area contributed by atoms with E-state index in [-0.39, 0.29) is 23.8 Å². The molecule has 2 N–H and O–H groups in total. The van der Waals surface area contributed by atoms with E-state index >= 15 is 0 Å². The highest BCUT2D eigenvalue weighted by Crippen LogP contribution is 2.35. The van der Waals surface area contributed by atoms with Crippen LogP contribution in [0.5, 0.6) is 11.5 Å². The van der Waals surface area contributed by atoms with Gasteiger partial charge in [-0.3, -0.25) is 4.79 Å². The van der Waals surface area contributed by atoms with Gasteiger partial charge >= 0.3 is 5.97 Å². The van der Waals surface area contributed by atoms with Gasteiger partial charge in [0.15, 0.2) is 29.3 Å². The summed E-state index contributed by atoms with van der Waals surface area (Å²) in [5, 5.41) is 11.5. The van der Waals surface area contributed by atoms with Crippen LogP contribution in [0.15, 0.2) is 45.6 Å². The van der Waals surface area contributed by atoms with Crippen LogP contribution < -0.4 is 14.8 Å². The third-order valence-electron chi connectivity index (χ3n) is 3.88. The lowest BCUT2D eigenvalue weighted by Gasteiger charge is -2.18. The van der Waals surface area contributed by atoms with Crippen LogP contribution in [0, 0.1) is 0 Å². The number of rotatable bonds is 5. The smallest absolute Gasteiger partial charge is 0.371 e. The highest BCUT2D eigenvalue weighted by atomic mass is 16.6. The number of nitrogens with zero attached hydrogens (tertiary/aromatic N) is 1. The van der Waals surface area contributed by atoms with E-state index in [0.29, 0.717) is 36.0 Å². The van der Waals surface area contributed by atoms with Crippen LogP contribution in [0.1, 0.15) is 26.8 Å². The lowest BCUT2D eigenvalue weighted by Crippen LogP contribution is -2.23. The minimum absolute atomic E-state index is 0.0134. The number of furan rings is 1. The second-order valence-electron chi connectivity index (χ2n) is 5.64. The molecule has 0 fully saturated rings. The third kappa shape index (κ3) is 3.34. The van der Waals surface area contributed by atoms with Crippen molar-refractivity contribution in [2.75, 3.05) is 13.2 Å². The molecule has 0 bridgehead atoms. The molecule has 0 saturated heterocycles. The fourth-order valence-electron chi connectivity index (χ4n) is 2.64. The fourth-order valence-corrected chi connectivity index (χ4v) is 2.64. The molecule has 0 radical (unpaired) electrons. The molecule has 2 aromatic heterocycles. The zero-order chi connectivity index (χ0) is 18.8. The average Bonchev–Trinajstić information content (AvgIpc) is 3.35. The van der Waals surface area contributed by atoms with Gasteiger partial charge in [0.05, 0.1) is 6.54 Å². The second-order valence-corrected chi connectivity index (χ2v) is 5.64. The van der Waals surface area contributed by atoms with Crippen LogP contribution in [0.3, 0.4) is 0 Å². The maximum Gasteiger partial charge on any atom is 0.371 e. The number of ether oxygens (including phenoxy) is 2. The van der Waals surface area contributed by atoms with E-state index in [0.717, 1.165) is 0 Å². The molecule has 0 atom stereocenters. The number of amides is 1. The number of hydrogen-bond acceptors (Lipinski definition) is 7. The Kier molecular flexibility index (Phi) is 4.25. The van der Waals surface area contributed by atoms with E-state index < -0.39 is 11.9 Å². The van der Waals surface area contributed by atoms with Crippen LogP contribution in [0.4, 0.5) is 0 Å². The van der Waals surface area contributed by atoms with Crippen molar-refractivity contribution in [3.05, 3.63) is 53.9 Å². The van der Waals surface area contributed by atoms with Crippen molar-refractivity contribution in [1.82, 2.24) is 10.3 Å². The van der Waals surface area contributed by atoms with Crippen molar-refractivity contribution < 1.29 is 33.0 Å². The summed E-state index contributed by atoms with van der Waals surface area (Å²) in [5.74, 6) is -0.0642. The monoisotopic (exact) mass is 370 g/mol. The predicted molar refractivity (Wildman–Crippen MR) is 89.8 cm³/mol. The number of nitrogens with one attached hydrogen (secondary N) is 1. The Morgan fingerprint density at radius 2 is 1.93 bits per heavy atom. The third-order valence-corrected chi connectivity index (χ3v) is 3.88. The summed E-state index contributed by atoms with van der Waals surface area (Å²) in [6.07, 6.45) is 1.18. The molecule has 1 amide bonds. The Hall–Kier alpha value is -3.75. The van der Waals surface area contributed by atoms with Gasteiger partial charge in [-0.05, 0) is 30.3 Å². The van der Waals surface area contributed by atoms with Crippen molar-refractivity contribution in [3.8, 4) is 22.8 Å². The largest absolute Gasteiger partial charge is 0.486 e. The van der Waals surface area contributed by atoms with Gasteiger partial charge < -0.3 is 28.7 Å². The molecular weight excluding hydrogens is 356 g/mol. The van der Waals surface area contributed by atoms with Gasteiger partial charge in [0, 0.05) is 5.56 Å². The number of aromatic carboxylic acids is 1. The minimum atomic E-state index is -1.18. The molecule has 3 aromatic rings. The zero-order valence-electron chi connectivity index (χ0n) is 13.9. The van der Waals surface area contributed by atoms with Crippen molar-refractivity contribution in [2.24, 2.45) is 0 Å². The number of oxazole rings is 1. The second kappa shape index (κ2) is 6.87. The van der Waals surface area contributed by atoms with Crippen molar-refractivity contribution in [1.29, 1.82) is 0 Å². The van der Waals surface area contributed by atoms with Crippen LogP contribution in [0.25, 0.3) is 11.3 Å². The van der Waals surface area contributed by atoms with Crippen molar-refractivity contribution >= 4 is 11.9 Å². The number of hydrogen-bond donors (Lipinski definition) is 2. The van der Waals surface area contributed by atoms with Crippen molar-refractivity contribution in [3.63, 3.8) is 0 Å². The van der Waals surface area contributed by atoms with Gasteiger partial charge in [-0.2, -0.15) is 0 Å². The molecule has 1 aliphatic heterocycles. The summed E-state index contributed by atoms with van der Waals surface area (Å²) in [4.78, 5) is 27.3. The normalized spacial score (nSPS) is 12.6. The van der Waals surface area contributed by atoms with E-state index in [9.17, 15) is 9.59 Å². The standard InChI is InChI=1S/C18H14N2O7/c21-17(19-8-11-2-4-13(27-11)18(22)23)15-16(26-9-20-15)10-1-3-12-14(7-10)25-6-5-24-12/h1-4,7,9H,5-6,8H2,(H,19,21)(H,22,23). The number of carbonyl (C=O) groups excluding carboxylic acids is 1. The Balaban J connectivity index is 1.51. The Labute approximate surface area is 152 Å². The van der Waals surface area contributed by atoms with Gasteiger partial charge in [-0.1, -0.05) is 0 Å². The van der Waals surface area contributed by atoms with Crippen molar-refractivity contribution in [2.45, 2.75) is 6.54 Å². The number of aromatic nitrogens is 1. The molecule has 3 heterocycles. The average molecular weight is 370 g/mol. The predicted octanol–water partition coefficient (Wildman–Crippen LogP) is 2.33. The van der Waals surface area contributed by atoms with Crippen LogP contribution >= 0.6 is 0 Å². The van der Waals surface area contributed by atoms with Gasteiger partial charge in [0.1, 0.15) is 19.0 Å². The van der Waals surface area contributed by atoms with Gasteiger partial charge in [-0.25, -0.2) is 9.78 Å². The lowest BCUT2D eigenvalue weighted by atomic mass is 10.1. The number of benzene rings is 1. The highest BCUT2D eigenvalue weighted by Gasteiger charge is 2.21. The number of carbonyl (C=O) groups is 2. The van der Waals surface area contributed by atoms with E-state index in [1.54, 1.807) is 18.2 Å². The first-order chi connectivity index (χ1) is 13.1. The molecule has 0 aliphatic carbocycles. The Morgan fingerprint density at radius 3 is 2.70 bits per heavy atom. The van der Waals surface area contributed by atoms with Crippen LogP contribution in [-0.4, -0.2) is 35.2 Å². The van der Waals surface area contributed by atoms with Gasteiger partial charge in [0.25, 0.3) is 5.91 Å². The molecule has 1 aromatic carbocycles. The van der Waals surface area contributed by atoms with Gasteiger partial charge in [0.2, 0.25) is 5.76 Å². The number of carboxylic acids is 1. The van der Waals surface area contributed by atoms with E-state index in [4.69, 9.17) is 23.4 Å². The molecule has 27 heavy (non-hydrogen) atoms. The van der Waals surface area contributed by atoms with Gasteiger partial charge in [-0.15, -0.1) is 0 Å². The topological polar surface area (TPSA) is 124 Å². The molecule has 138 valence electrons. The maximum atomic E-state index is 12.5. The molecule has 9 nitrogen and oxygen atoms in total. The summed E-state index contributed by atoms with van der Waals surface area (Å²) < 4.78 is 21.5. The van der Waals surface area contributed by atoms with E-state index in [1.165, 1.54) is 18.5 Å². The minimum Gasteiger partial charge on any atom is -0.486 e. The molecule has 0 spiro atoms. The zero-order valence-corrected chi connectivity index (χ0v) is 13.9. The first kappa shape index (κ1) is 16.7. The summed E-state index contributed by atoms with van der Waals surface area (Å²) in [6, 6.07) is 8.01. The van der Waals surface area contributed by atoms with E-state index in [2.05, 4.69) is 10.3 Å². The first-order valence-electron chi connectivity index (χ1n) is 8.05. The van der Waals surface area contributed by atoms with Crippen LogP contribution in [-0.2, 0) is 6.54 Å². The maximum absolute atomic E-state index is 12.5. The summed E-state index contributed by atoms with van der Waals surface area (Å²) in [7, 11) is 0. The van der Waals surface area contributed by atoms with E-state index in [1.807, 2.05) is 0 Å².